The molecular weight excluding hydrogens is 372 g/mol. The molecule has 3 aromatic rings. The number of hydrogen-bond acceptors (Lipinski definition) is 7. The lowest BCUT2D eigenvalue weighted by molar-refractivity contribution is -0.140. The molecule has 8 heteroatoms. The Morgan fingerprint density at radius 2 is 1.41 bits per heavy atom. The van der Waals surface area contributed by atoms with Crippen LogP contribution in [0.4, 0.5) is 0 Å². The number of carbonyl (C=O) groups is 1. The number of nitrogens with one attached hydrogen (secondary N) is 1. The number of hydrogen-bond donors (Lipinski definition) is 1. The SMILES string of the molecule is COC(=O)CCC(=C(c1ccc(OC)cc1)c1ccc(OC)cc1)c1nn[nH]n1. The molecule has 0 spiro atoms. The molecule has 3 rings (SSSR count). The second-order valence-electron chi connectivity index (χ2n) is 6.12. The monoisotopic (exact) mass is 394 g/mol. The summed E-state index contributed by atoms with van der Waals surface area (Å²) in [6.45, 7) is 0. The summed E-state index contributed by atoms with van der Waals surface area (Å²) in [5.74, 6) is 1.61. The summed E-state index contributed by atoms with van der Waals surface area (Å²) in [7, 11) is 4.61. The molecule has 1 heterocycles. The number of tetrazole rings is 1. The predicted octanol–water partition coefficient (Wildman–Crippen LogP) is 3.13. The molecular formula is C21H22N4O4. The van der Waals surface area contributed by atoms with Gasteiger partial charge in [0, 0.05) is 12.0 Å². The highest BCUT2D eigenvalue weighted by Crippen LogP contribution is 2.35. The van der Waals surface area contributed by atoms with Crippen molar-refractivity contribution in [1.29, 1.82) is 0 Å². The van der Waals surface area contributed by atoms with E-state index in [1.54, 1.807) is 14.2 Å². The third kappa shape index (κ3) is 4.78. The Bertz CT molecular complexity index is 915. The van der Waals surface area contributed by atoms with Crippen molar-refractivity contribution in [3.8, 4) is 11.5 Å². The van der Waals surface area contributed by atoms with Crippen LogP contribution in [0.15, 0.2) is 48.5 Å². The largest absolute Gasteiger partial charge is 0.497 e. The number of nitrogens with zero attached hydrogens (tertiary/aromatic N) is 3. The van der Waals surface area contributed by atoms with Crippen LogP contribution in [0, 0.1) is 0 Å². The third-order valence-electron chi connectivity index (χ3n) is 4.48. The lowest BCUT2D eigenvalue weighted by atomic mass is 9.90. The molecule has 8 nitrogen and oxygen atoms in total. The standard InChI is InChI=1S/C21H22N4O4/c1-27-16-8-4-14(5-9-16)20(15-6-10-17(28-2)11-7-15)18(12-13-19(26)29-3)21-22-24-25-23-21/h4-11H,12-13H2,1-3H3,(H,22,23,24,25). The summed E-state index contributed by atoms with van der Waals surface area (Å²) in [4.78, 5) is 11.8. The first-order valence-corrected chi connectivity index (χ1v) is 8.99. The molecule has 0 radical (unpaired) electrons. The van der Waals surface area contributed by atoms with Crippen LogP contribution >= 0.6 is 0 Å². The van der Waals surface area contributed by atoms with E-state index >= 15 is 0 Å². The zero-order chi connectivity index (χ0) is 20.6. The normalized spacial score (nSPS) is 10.3. The number of carbonyl (C=O) groups excluding carboxylic acids is 1. The first-order valence-electron chi connectivity index (χ1n) is 8.99. The van der Waals surface area contributed by atoms with E-state index in [-0.39, 0.29) is 12.4 Å². The quantitative estimate of drug-likeness (QED) is 0.586. The minimum Gasteiger partial charge on any atom is -0.497 e. The Morgan fingerprint density at radius 3 is 1.83 bits per heavy atom. The van der Waals surface area contributed by atoms with Crippen molar-refractivity contribution in [1.82, 2.24) is 20.6 Å². The van der Waals surface area contributed by atoms with Crippen molar-refractivity contribution in [3.05, 3.63) is 65.5 Å². The maximum absolute atomic E-state index is 11.8. The zero-order valence-corrected chi connectivity index (χ0v) is 16.5. The molecule has 0 fully saturated rings. The Balaban J connectivity index is 2.18. The van der Waals surface area contributed by atoms with Crippen molar-refractivity contribution in [2.45, 2.75) is 12.8 Å². The first kappa shape index (κ1) is 20.1. The van der Waals surface area contributed by atoms with Crippen molar-refractivity contribution in [2.24, 2.45) is 0 Å². The van der Waals surface area contributed by atoms with Crippen LogP contribution in [-0.2, 0) is 9.53 Å². The molecule has 1 aromatic heterocycles. The number of aromatic nitrogens is 4. The summed E-state index contributed by atoms with van der Waals surface area (Å²) in [6, 6.07) is 15.3. The minimum atomic E-state index is -0.310. The second kappa shape index (κ2) is 9.50. The summed E-state index contributed by atoms with van der Waals surface area (Å²) in [5, 5.41) is 14.5. The Hall–Kier alpha value is -3.68. The summed E-state index contributed by atoms with van der Waals surface area (Å²) >= 11 is 0. The topological polar surface area (TPSA) is 99.2 Å². The van der Waals surface area contributed by atoms with Gasteiger partial charge in [0.05, 0.1) is 21.3 Å². The first-order chi connectivity index (χ1) is 14.2. The highest BCUT2D eigenvalue weighted by atomic mass is 16.5. The maximum Gasteiger partial charge on any atom is 0.305 e. The minimum absolute atomic E-state index is 0.191. The van der Waals surface area contributed by atoms with Gasteiger partial charge < -0.3 is 14.2 Å². The highest BCUT2D eigenvalue weighted by molar-refractivity contribution is 5.98. The van der Waals surface area contributed by atoms with E-state index in [9.17, 15) is 4.79 Å². The van der Waals surface area contributed by atoms with Gasteiger partial charge in [-0.05, 0) is 52.6 Å². The molecule has 150 valence electrons. The fraction of sp³-hybridized carbons (Fsp3) is 0.238. The Labute approximate surface area is 168 Å². The molecule has 0 aliphatic rings. The van der Waals surface area contributed by atoms with Crippen LogP contribution in [0.3, 0.4) is 0 Å². The summed E-state index contributed by atoms with van der Waals surface area (Å²) in [6.07, 6.45) is 0.579. The van der Waals surface area contributed by atoms with Gasteiger partial charge in [0.1, 0.15) is 11.5 Å². The van der Waals surface area contributed by atoms with E-state index in [2.05, 4.69) is 20.6 Å². The van der Waals surface area contributed by atoms with E-state index < -0.39 is 0 Å². The molecule has 2 aromatic carbocycles. The fourth-order valence-electron chi connectivity index (χ4n) is 3.00. The van der Waals surface area contributed by atoms with E-state index in [4.69, 9.17) is 14.2 Å². The van der Waals surface area contributed by atoms with Gasteiger partial charge in [-0.1, -0.05) is 24.3 Å². The van der Waals surface area contributed by atoms with Crippen molar-refractivity contribution in [2.75, 3.05) is 21.3 Å². The summed E-state index contributed by atoms with van der Waals surface area (Å²) < 4.78 is 15.4. The zero-order valence-electron chi connectivity index (χ0n) is 16.5. The molecule has 1 N–H and O–H groups in total. The molecule has 0 atom stereocenters. The molecule has 0 saturated heterocycles. The third-order valence-corrected chi connectivity index (χ3v) is 4.48. The number of aromatic amines is 1. The predicted molar refractivity (Wildman–Crippen MR) is 107 cm³/mol. The number of methoxy groups -OCH3 is 3. The Morgan fingerprint density at radius 1 is 0.862 bits per heavy atom. The lowest BCUT2D eigenvalue weighted by Crippen LogP contribution is -2.03. The van der Waals surface area contributed by atoms with Crippen LogP contribution in [0.25, 0.3) is 11.1 Å². The molecule has 0 amide bonds. The number of ether oxygens (including phenoxy) is 3. The van der Waals surface area contributed by atoms with Crippen LogP contribution in [0.5, 0.6) is 11.5 Å². The van der Waals surface area contributed by atoms with E-state index in [0.29, 0.717) is 12.2 Å². The van der Waals surface area contributed by atoms with Gasteiger partial charge in [-0.25, -0.2) is 0 Å². The molecule has 0 aliphatic carbocycles. The van der Waals surface area contributed by atoms with E-state index in [0.717, 1.165) is 33.8 Å². The van der Waals surface area contributed by atoms with Gasteiger partial charge in [0.25, 0.3) is 0 Å². The van der Waals surface area contributed by atoms with Crippen molar-refractivity contribution < 1.29 is 19.0 Å². The van der Waals surface area contributed by atoms with Gasteiger partial charge in [-0.3, -0.25) is 4.79 Å². The van der Waals surface area contributed by atoms with Gasteiger partial charge in [-0.15, -0.1) is 10.2 Å². The molecule has 0 bridgehead atoms. The number of esters is 1. The van der Waals surface area contributed by atoms with Crippen LogP contribution < -0.4 is 9.47 Å². The van der Waals surface area contributed by atoms with Crippen molar-refractivity contribution >= 4 is 17.1 Å². The number of benzene rings is 2. The average molecular weight is 394 g/mol. The van der Waals surface area contributed by atoms with Gasteiger partial charge >= 0.3 is 5.97 Å². The van der Waals surface area contributed by atoms with Crippen LogP contribution in [-0.4, -0.2) is 47.9 Å². The van der Waals surface area contributed by atoms with Gasteiger partial charge in [-0.2, -0.15) is 5.21 Å². The second-order valence-corrected chi connectivity index (χ2v) is 6.12. The van der Waals surface area contributed by atoms with Gasteiger partial charge in [0.2, 0.25) is 5.82 Å². The number of H-pyrrole nitrogens is 1. The van der Waals surface area contributed by atoms with Crippen molar-refractivity contribution in [3.63, 3.8) is 0 Å². The smallest absolute Gasteiger partial charge is 0.305 e. The van der Waals surface area contributed by atoms with E-state index in [1.807, 2.05) is 48.5 Å². The number of allylic oxidation sites excluding steroid dienone is 1. The van der Waals surface area contributed by atoms with Gasteiger partial charge in [0.15, 0.2) is 0 Å². The van der Waals surface area contributed by atoms with Crippen LogP contribution in [0.1, 0.15) is 29.8 Å². The summed E-state index contributed by atoms with van der Waals surface area (Å²) in [5.41, 5.74) is 3.53. The molecule has 29 heavy (non-hydrogen) atoms. The average Bonchev–Trinajstić information content (AvgIpc) is 3.31. The fourth-order valence-corrected chi connectivity index (χ4v) is 3.00. The van der Waals surface area contributed by atoms with Crippen LogP contribution in [0.2, 0.25) is 0 Å². The highest BCUT2D eigenvalue weighted by Gasteiger charge is 2.19. The number of rotatable bonds is 8. The molecule has 0 aliphatic heterocycles. The molecule has 0 unspecified atom stereocenters. The maximum atomic E-state index is 11.8. The van der Waals surface area contributed by atoms with E-state index in [1.165, 1.54) is 7.11 Å². The Kier molecular flexibility index (Phi) is 6.57. The lowest BCUT2D eigenvalue weighted by Gasteiger charge is -2.15. The molecule has 0 saturated carbocycles.